The highest BCUT2D eigenvalue weighted by molar-refractivity contribution is 5.86. The minimum Gasteiger partial charge on any atom is -0.433 e. The molecular weight excluding hydrogens is 200 g/mol. The monoisotopic (exact) mass is 214 g/mol. The summed E-state index contributed by atoms with van der Waals surface area (Å²) >= 11 is 0. The van der Waals surface area contributed by atoms with Crippen LogP contribution in [-0.2, 0) is 9.53 Å². The zero-order valence-electron chi connectivity index (χ0n) is 8.31. The molecule has 0 aromatic rings. The van der Waals surface area contributed by atoms with Crippen LogP contribution >= 0.6 is 0 Å². The van der Waals surface area contributed by atoms with E-state index in [0.717, 1.165) is 18.1 Å². The van der Waals surface area contributed by atoms with Crippen LogP contribution in [0.4, 0.5) is 4.79 Å². The molecule has 7 nitrogen and oxygen atoms in total. The van der Waals surface area contributed by atoms with E-state index in [1.165, 1.54) is 0 Å². The number of ether oxygens (including phenoxy) is 1. The van der Waals surface area contributed by atoms with Crippen LogP contribution in [0.5, 0.6) is 0 Å². The summed E-state index contributed by atoms with van der Waals surface area (Å²) in [4.78, 5) is 24.5. The fraction of sp³-hybridized carbons (Fsp3) is 0.750. The maximum absolute atomic E-state index is 11.8. The molecule has 1 unspecified atom stereocenters. The number of nitrogens with two attached hydrogens (primary N) is 1. The highest BCUT2D eigenvalue weighted by Gasteiger charge is 2.37. The number of nitrogens with one attached hydrogen (secondary N) is 1. The number of hydrazine groups is 1. The summed E-state index contributed by atoms with van der Waals surface area (Å²) < 4.78 is 4.84. The molecule has 3 N–H and O–H groups in total. The average molecular weight is 214 g/mol. The lowest BCUT2D eigenvalue weighted by Gasteiger charge is -2.28. The lowest BCUT2D eigenvalue weighted by Crippen LogP contribution is -2.50. The number of carbonyl (C=O) groups is 2. The van der Waals surface area contributed by atoms with Crippen LogP contribution in [-0.4, -0.2) is 60.7 Å². The Hall–Kier alpha value is -1.34. The van der Waals surface area contributed by atoms with Gasteiger partial charge in [0.05, 0.1) is 6.54 Å². The summed E-state index contributed by atoms with van der Waals surface area (Å²) in [6, 6.07) is 0. The van der Waals surface area contributed by atoms with E-state index in [0.29, 0.717) is 13.1 Å². The van der Waals surface area contributed by atoms with Gasteiger partial charge in [-0.1, -0.05) is 0 Å². The maximum Gasteiger partial charge on any atom is 0.425 e. The predicted octanol–water partition coefficient (Wildman–Crippen LogP) is -1.89. The molecule has 0 aliphatic carbocycles. The molecule has 15 heavy (non-hydrogen) atoms. The average Bonchev–Trinajstić information content (AvgIpc) is 2.59. The minimum absolute atomic E-state index is 0.140. The van der Waals surface area contributed by atoms with Crippen LogP contribution in [0, 0.1) is 0 Å². The Bertz CT molecular complexity index is 277. The molecule has 0 saturated carbocycles. The van der Waals surface area contributed by atoms with E-state index in [4.69, 9.17) is 10.6 Å². The van der Waals surface area contributed by atoms with Gasteiger partial charge >= 0.3 is 6.09 Å². The van der Waals surface area contributed by atoms with Gasteiger partial charge in [-0.25, -0.2) is 15.6 Å². The topological polar surface area (TPSA) is 87.9 Å². The SMILES string of the molecule is NN1CC(C(=O)N2CCNCC2)OC1=O. The van der Waals surface area contributed by atoms with Crippen molar-refractivity contribution in [3.63, 3.8) is 0 Å². The number of hydrogen-bond acceptors (Lipinski definition) is 5. The fourth-order valence-electron chi connectivity index (χ4n) is 1.70. The molecule has 2 heterocycles. The van der Waals surface area contributed by atoms with Gasteiger partial charge in [0.1, 0.15) is 0 Å². The van der Waals surface area contributed by atoms with Crippen molar-refractivity contribution >= 4 is 12.0 Å². The van der Waals surface area contributed by atoms with E-state index in [1.54, 1.807) is 4.90 Å². The molecule has 2 saturated heterocycles. The van der Waals surface area contributed by atoms with E-state index >= 15 is 0 Å². The first kappa shape index (κ1) is 10.2. The van der Waals surface area contributed by atoms with Gasteiger partial charge in [0.25, 0.3) is 5.91 Å². The molecule has 2 aliphatic rings. The lowest BCUT2D eigenvalue weighted by molar-refractivity contribution is -0.139. The molecule has 0 aromatic heterocycles. The van der Waals surface area contributed by atoms with Gasteiger partial charge in [-0.05, 0) is 0 Å². The number of carbonyl (C=O) groups excluding carboxylic acids is 2. The molecule has 1 atom stereocenters. The first-order valence-electron chi connectivity index (χ1n) is 4.91. The summed E-state index contributed by atoms with van der Waals surface area (Å²) in [5.41, 5.74) is 0. The molecule has 2 amide bonds. The van der Waals surface area contributed by atoms with Gasteiger partial charge in [-0.3, -0.25) is 4.79 Å². The Morgan fingerprint density at radius 3 is 2.67 bits per heavy atom. The van der Waals surface area contributed by atoms with Crippen LogP contribution in [0.3, 0.4) is 0 Å². The second kappa shape index (κ2) is 4.03. The van der Waals surface area contributed by atoms with E-state index in [1.807, 2.05) is 0 Å². The normalized spacial score (nSPS) is 26.7. The summed E-state index contributed by atoms with van der Waals surface area (Å²) in [7, 11) is 0. The molecule has 0 bridgehead atoms. The molecule has 0 aromatic carbocycles. The zero-order valence-corrected chi connectivity index (χ0v) is 8.31. The van der Waals surface area contributed by atoms with E-state index in [9.17, 15) is 9.59 Å². The van der Waals surface area contributed by atoms with Crippen molar-refractivity contribution < 1.29 is 14.3 Å². The second-order valence-corrected chi connectivity index (χ2v) is 3.60. The molecule has 2 fully saturated rings. The third-order valence-corrected chi connectivity index (χ3v) is 2.54. The van der Waals surface area contributed by atoms with Crippen molar-refractivity contribution in [2.45, 2.75) is 6.10 Å². The van der Waals surface area contributed by atoms with Crippen LogP contribution in [0.1, 0.15) is 0 Å². The standard InChI is InChI=1S/C8H14N4O3/c9-12-5-6(15-8(12)14)7(13)11-3-1-10-2-4-11/h6,10H,1-5,9H2. The van der Waals surface area contributed by atoms with Crippen molar-refractivity contribution in [2.75, 3.05) is 32.7 Å². The number of nitrogens with zero attached hydrogens (tertiary/aromatic N) is 2. The predicted molar refractivity (Wildman–Crippen MR) is 50.6 cm³/mol. The molecular formula is C8H14N4O3. The third kappa shape index (κ3) is 2.02. The van der Waals surface area contributed by atoms with Crippen molar-refractivity contribution in [3.8, 4) is 0 Å². The summed E-state index contributed by atoms with van der Waals surface area (Å²) in [5.74, 6) is 5.16. The van der Waals surface area contributed by atoms with Crippen LogP contribution in [0.2, 0.25) is 0 Å². The van der Waals surface area contributed by atoms with Crippen LogP contribution in [0.25, 0.3) is 0 Å². The Kier molecular flexibility index (Phi) is 2.74. The first-order chi connectivity index (χ1) is 7.18. The zero-order chi connectivity index (χ0) is 10.8. The van der Waals surface area contributed by atoms with Gasteiger partial charge in [-0.15, -0.1) is 0 Å². The van der Waals surface area contributed by atoms with E-state index < -0.39 is 12.2 Å². The van der Waals surface area contributed by atoms with Crippen LogP contribution in [0.15, 0.2) is 0 Å². The van der Waals surface area contributed by atoms with Gasteiger partial charge in [0, 0.05) is 26.2 Å². The Morgan fingerprint density at radius 1 is 1.47 bits per heavy atom. The Balaban J connectivity index is 1.93. The molecule has 2 rings (SSSR count). The quantitative estimate of drug-likeness (QED) is 0.394. The number of amides is 2. The number of hydrogen-bond donors (Lipinski definition) is 2. The highest BCUT2D eigenvalue weighted by Crippen LogP contribution is 2.10. The van der Waals surface area contributed by atoms with Gasteiger partial charge in [0.15, 0.2) is 0 Å². The van der Waals surface area contributed by atoms with Gasteiger partial charge in [0.2, 0.25) is 6.10 Å². The van der Waals surface area contributed by atoms with E-state index in [2.05, 4.69) is 5.32 Å². The highest BCUT2D eigenvalue weighted by atomic mass is 16.6. The minimum atomic E-state index is -0.736. The van der Waals surface area contributed by atoms with Crippen molar-refractivity contribution in [3.05, 3.63) is 0 Å². The maximum atomic E-state index is 11.8. The largest absolute Gasteiger partial charge is 0.433 e. The second-order valence-electron chi connectivity index (χ2n) is 3.60. The Labute approximate surface area is 87.1 Å². The molecule has 7 heteroatoms. The summed E-state index contributed by atoms with van der Waals surface area (Å²) in [6.07, 6.45) is -1.37. The van der Waals surface area contributed by atoms with Gasteiger partial charge in [-0.2, -0.15) is 0 Å². The molecule has 2 aliphatic heterocycles. The number of cyclic esters (lactones) is 1. The van der Waals surface area contributed by atoms with Crippen molar-refractivity contribution in [1.82, 2.24) is 15.2 Å². The first-order valence-corrected chi connectivity index (χ1v) is 4.91. The van der Waals surface area contributed by atoms with E-state index in [-0.39, 0.29) is 12.5 Å². The smallest absolute Gasteiger partial charge is 0.425 e. The number of rotatable bonds is 1. The fourth-order valence-corrected chi connectivity index (χ4v) is 1.70. The van der Waals surface area contributed by atoms with Crippen LogP contribution < -0.4 is 11.2 Å². The Morgan fingerprint density at radius 2 is 2.13 bits per heavy atom. The molecule has 84 valence electrons. The van der Waals surface area contributed by atoms with Gasteiger partial charge < -0.3 is 15.0 Å². The third-order valence-electron chi connectivity index (χ3n) is 2.54. The lowest BCUT2D eigenvalue weighted by atomic mass is 10.2. The number of piperazine rings is 1. The van der Waals surface area contributed by atoms with Crippen molar-refractivity contribution in [1.29, 1.82) is 0 Å². The molecule has 0 radical (unpaired) electrons. The summed E-state index contributed by atoms with van der Waals surface area (Å²) in [6.45, 7) is 2.99. The van der Waals surface area contributed by atoms with Crippen molar-refractivity contribution in [2.24, 2.45) is 5.84 Å². The molecule has 0 spiro atoms. The summed E-state index contributed by atoms with van der Waals surface area (Å²) in [5, 5.41) is 4.06.